The van der Waals surface area contributed by atoms with Crippen molar-refractivity contribution < 1.29 is 4.74 Å². The molecule has 0 spiro atoms. The molecule has 0 N–H and O–H groups in total. The van der Waals surface area contributed by atoms with Gasteiger partial charge in [0, 0.05) is 10.9 Å². The van der Waals surface area contributed by atoms with Crippen LogP contribution in [-0.2, 0) is 6.54 Å². The van der Waals surface area contributed by atoms with E-state index in [1.165, 1.54) is 43.4 Å². The van der Waals surface area contributed by atoms with Crippen molar-refractivity contribution in [2.75, 3.05) is 6.61 Å². The van der Waals surface area contributed by atoms with E-state index in [0.717, 1.165) is 22.8 Å². The normalized spacial score (nSPS) is 15.6. The lowest BCUT2D eigenvalue weighted by molar-refractivity contribution is 0.294. The summed E-state index contributed by atoms with van der Waals surface area (Å²) < 4.78 is 8.28. The van der Waals surface area contributed by atoms with Crippen LogP contribution in [0.15, 0.2) is 48.5 Å². The molecule has 0 bridgehead atoms. The van der Waals surface area contributed by atoms with E-state index in [9.17, 15) is 0 Å². The minimum atomic E-state index is 0.580. The summed E-state index contributed by atoms with van der Waals surface area (Å²) in [5.74, 6) is 2.67. The fraction of sp³-hybridized carbons (Fsp3) is 0.381. The molecule has 2 aromatic carbocycles. The second-order valence-corrected chi connectivity index (χ2v) is 7.18. The predicted molar refractivity (Wildman–Crippen MR) is 103 cm³/mol. The fourth-order valence-electron chi connectivity index (χ4n) is 3.79. The number of imidazole rings is 1. The quantitative estimate of drug-likeness (QED) is 0.577. The summed E-state index contributed by atoms with van der Waals surface area (Å²) in [5, 5.41) is 0.729. The first-order chi connectivity index (χ1) is 12.3. The lowest BCUT2D eigenvalue weighted by Crippen LogP contribution is -2.15. The van der Waals surface area contributed by atoms with E-state index >= 15 is 0 Å². The summed E-state index contributed by atoms with van der Waals surface area (Å²) in [6.45, 7) is 1.44. The molecule has 1 heterocycles. The van der Waals surface area contributed by atoms with Gasteiger partial charge in [0.25, 0.3) is 0 Å². The molecule has 1 aliphatic rings. The maximum absolute atomic E-state index is 5.93. The van der Waals surface area contributed by atoms with E-state index in [-0.39, 0.29) is 0 Å². The van der Waals surface area contributed by atoms with Crippen LogP contribution in [0.25, 0.3) is 11.0 Å². The van der Waals surface area contributed by atoms with Gasteiger partial charge < -0.3 is 9.30 Å². The minimum Gasteiger partial charge on any atom is -0.492 e. The van der Waals surface area contributed by atoms with Gasteiger partial charge in [-0.05, 0) is 49.2 Å². The number of hydrogen-bond acceptors (Lipinski definition) is 2. The summed E-state index contributed by atoms with van der Waals surface area (Å²) in [6, 6.07) is 16.0. The van der Waals surface area contributed by atoms with Crippen molar-refractivity contribution in [1.29, 1.82) is 0 Å². The topological polar surface area (TPSA) is 27.1 Å². The van der Waals surface area contributed by atoms with Crippen LogP contribution in [0.3, 0.4) is 0 Å². The third kappa shape index (κ3) is 3.67. The average Bonchev–Trinajstić information content (AvgIpc) is 3.03. The maximum atomic E-state index is 5.93. The molecule has 1 saturated carbocycles. The molecule has 25 heavy (non-hydrogen) atoms. The van der Waals surface area contributed by atoms with Crippen molar-refractivity contribution in [3.05, 3.63) is 59.4 Å². The first-order valence-corrected chi connectivity index (χ1v) is 9.52. The summed E-state index contributed by atoms with van der Waals surface area (Å²) in [4.78, 5) is 4.96. The Balaban J connectivity index is 1.55. The summed E-state index contributed by atoms with van der Waals surface area (Å²) in [7, 11) is 0. The van der Waals surface area contributed by atoms with Gasteiger partial charge >= 0.3 is 0 Å². The summed E-state index contributed by atoms with van der Waals surface area (Å²) in [6.07, 6.45) is 6.49. The van der Waals surface area contributed by atoms with Crippen molar-refractivity contribution in [2.24, 2.45) is 0 Å². The largest absolute Gasteiger partial charge is 0.492 e. The highest BCUT2D eigenvalue weighted by Gasteiger charge is 2.22. The molecule has 1 aliphatic carbocycles. The molecule has 0 amide bonds. The highest BCUT2D eigenvalue weighted by molar-refractivity contribution is 6.30. The van der Waals surface area contributed by atoms with Crippen LogP contribution in [0, 0.1) is 0 Å². The van der Waals surface area contributed by atoms with E-state index in [1.807, 2.05) is 24.3 Å². The van der Waals surface area contributed by atoms with Crippen molar-refractivity contribution in [1.82, 2.24) is 9.55 Å². The Kier molecular flexibility index (Phi) is 4.93. The minimum absolute atomic E-state index is 0.580. The molecule has 1 aromatic heterocycles. The Bertz CT molecular complexity index is 835. The number of halogens is 1. The van der Waals surface area contributed by atoms with Crippen LogP contribution >= 0.6 is 11.6 Å². The van der Waals surface area contributed by atoms with E-state index in [0.29, 0.717) is 12.5 Å². The van der Waals surface area contributed by atoms with Crippen molar-refractivity contribution >= 4 is 22.6 Å². The Hall–Kier alpha value is -2.00. The second kappa shape index (κ2) is 7.49. The van der Waals surface area contributed by atoms with E-state index in [4.69, 9.17) is 21.3 Å². The van der Waals surface area contributed by atoms with Gasteiger partial charge in [0.2, 0.25) is 0 Å². The second-order valence-electron chi connectivity index (χ2n) is 6.75. The van der Waals surface area contributed by atoms with E-state index < -0.39 is 0 Å². The van der Waals surface area contributed by atoms with Gasteiger partial charge in [-0.2, -0.15) is 0 Å². The molecule has 0 unspecified atom stereocenters. The maximum Gasteiger partial charge on any atom is 0.119 e. The van der Waals surface area contributed by atoms with Crippen LogP contribution in [0.4, 0.5) is 0 Å². The van der Waals surface area contributed by atoms with Crippen molar-refractivity contribution in [3.8, 4) is 5.75 Å². The highest BCUT2D eigenvalue weighted by atomic mass is 35.5. The number of fused-ring (bicyclic) bond motifs is 1. The number of benzene rings is 2. The first kappa shape index (κ1) is 16.5. The summed E-state index contributed by atoms with van der Waals surface area (Å²) in [5.41, 5.74) is 2.30. The van der Waals surface area contributed by atoms with Gasteiger partial charge in [-0.1, -0.05) is 43.0 Å². The van der Waals surface area contributed by atoms with E-state index in [1.54, 1.807) is 0 Å². The highest BCUT2D eigenvalue weighted by Crippen LogP contribution is 2.33. The smallest absolute Gasteiger partial charge is 0.119 e. The van der Waals surface area contributed by atoms with Crippen LogP contribution in [0.5, 0.6) is 5.75 Å². The predicted octanol–water partition coefficient (Wildman–Crippen LogP) is 5.82. The Morgan fingerprint density at radius 3 is 2.56 bits per heavy atom. The first-order valence-electron chi connectivity index (χ1n) is 9.15. The Morgan fingerprint density at radius 2 is 1.76 bits per heavy atom. The third-order valence-corrected chi connectivity index (χ3v) is 5.30. The van der Waals surface area contributed by atoms with Gasteiger partial charge in [0.1, 0.15) is 18.2 Å². The molecule has 130 valence electrons. The van der Waals surface area contributed by atoms with Gasteiger partial charge in [-0.25, -0.2) is 4.98 Å². The van der Waals surface area contributed by atoms with E-state index in [2.05, 4.69) is 28.8 Å². The van der Waals surface area contributed by atoms with Gasteiger partial charge in [-0.3, -0.25) is 0 Å². The van der Waals surface area contributed by atoms with Crippen LogP contribution < -0.4 is 4.74 Å². The monoisotopic (exact) mass is 354 g/mol. The molecule has 1 fully saturated rings. The Morgan fingerprint density at radius 1 is 1.00 bits per heavy atom. The lowest BCUT2D eigenvalue weighted by atomic mass is 9.88. The molecule has 0 atom stereocenters. The zero-order chi connectivity index (χ0) is 17.1. The molecule has 4 heteroatoms. The molecule has 4 rings (SSSR count). The number of aromatic nitrogens is 2. The van der Waals surface area contributed by atoms with Gasteiger partial charge in [0.15, 0.2) is 0 Å². The number of rotatable bonds is 5. The number of para-hydroxylation sites is 2. The molecule has 0 radical (unpaired) electrons. The standard InChI is InChI=1S/C21H23ClN2O/c22-17-10-12-18(13-11-17)25-15-14-24-20-9-5-4-8-19(20)23-21(24)16-6-2-1-3-7-16/h4-5,8-13,16H,1-3,6-7,14-15H2. The summed E-state index contributed by atoms with van der Waals surface area (Å²) >= 11 is 5.93. The Labute approximate surface area is 153 Å². The SMILES string of the molecule is Clc1ccc(OCCn2c(C3CCCCC3)nc3ccccc32)cc1. The van der Waals surface area contributed by atoms with Crippen LogP contribution in [0.1, 0.15) is 43.8 Å². The molecule has 3 aromatic rings. The van der Waals surface area contributed by atoms with Gasteiger partial charge in [-0.15, -0.1) is 0 Å². The van der Waals surface area contributed by atoms with Crippen molar-refractivity contribution in [3.63, 3.8) is 0 Å². The zero-order valence-corrected chi connectivity index (χ0v) is 15.1. The lowest BCUT2D eigenvalue weighted by Gasteiger charge is -2.22. The van der Waals surface area contributed by atoms with Gasteiger partial charge in [0.05, 0.1) is 17.6 Å². The number of ether oxygens (including phenoxy) is 1. The third-order valence-electron chi connectivity index (χ3n) is 5.05. The molecule has 0 aliphatic heterocycles. The van der Waals surface area contributed by atoms with Crippen LogP contribution in [0.2, 0.25) is 5.02 Å². The molecular weight excluding hydrogens is 332 g/mol. The molecular formula is C21H23ClN2O. The number of hydrogen-bond donors (Lipinski definition) is 0. The number of nitrogens with zero attached hydrogens (tertiary/aromatic N) is 2. The van der Waals surface area contributed by atoms with Crippen LogP contribution in [-0.4, -0.2) is 16.2 Å². The molecule has 3 nitrogen and oxygen atoms in total. The average molecular weight is 355 g/mol. The fourth-order valence-corrected chi connectivity index (χ4v) is 3.91. The zero-order valence-electron chi connectivity index (χ0n) is 14.3. The molecule has 0 saturated heterocycles. The van der Waals surface area contributed by atoms with Crippen molar-refractivity contribution in [2.45, 2.75) is 44.6 Å².